The van der Waals surface area contributed by atoms with Gasteiger partial charge in [0.15, 0.2) is 0 Å². The molecule has 7 nitrogen and oxygen atoms in total. The summed E-state index contributed by atoms with van der Waals surface area (Å²) in [4.78, 5) is 28.4. The molecule has 8 heteroatoms. The highest BCUT2D eigenvalue weighted by atomic mass is 32.2. The average Bonchev–Trinajstić information content (AvgIpc) is 2.88. The quantitative estimate of drug-likeness (QED) is 0.406. The molecule has 1 N–H and O–H groups in total. The number of aryl methyl sites for hydroxylation is 3. The van der Waals surface area contributed by atoms with Crippen LogP contribution in [0.15, 0.2) is 77.7 Å². The second kappa shape index (κ2) is 12.3. The molecule has 0 aliphatic heterocycles. The fraction of sp³-hybridized carbons (Fsp3) is 0.333. The molecular formula is C30H37N3O4S. The van der Waals surface area contributed by atoms with Crippen LogP contribution in [0.25, 0.3) is 0 Å². The number of rotatable bonds is 10. The highest BCUT2D eigenvalue weighted by Crippen LogP contribution is 2.26. The third-order valence-electron chi connectivity index (χ3n) is 6.46. The second-order valence-corrected chi connectivity index (χ2v) is 11.8. The molecule has 38 heavy (non-hydrogen) atoms. The van der Waals surface area contributed by atoms with Crippen molar-refractivity contribution in [2.45, 2.75) is 65.1 Å². The number of hydrogen-bond acceptors (Lipinski definition) is 4. The number of anilines is 1. The summed E-state index contributed by atoms with van der Waals surface area (Å²) in [7, 11) is -4.07. The van der Waals surface area contributed by atoms with E-state index in [-0.39, 0.29) is 23.4 Å². The molecule has 202 valence electrons. The van der Waals surface area contributed by atoms with Crippen LogP contribution in [0.1, 0.15) is 43.0 Å². The van der Waals surface area contributed by atoms with Gasteiger partial charge in [0.1, 0.15) is 12.6 Å². The van der Waals surface area contributed by atoms with Crippen LogP contribution in [0.3, 0.4) is 0 Å². The zero-order valence-corrected chi connectivity index (χ0v) is 23.7. The first-order chi connectivity index (χ1) is 17.9. The van der Waals surface area contributed by atoms with Gasteiger partial charge in [-0.15, -0.1) is 0 Å². The van der Waals surface area contributed by atoms with Gasteiger partial charge >= 0.3 is 0 Å². The molecule has 3 rings (SSSR count). The van der Waals surface area contributed by atoms with Crippen molar-refractivity contribution in [3.63, 3.8) is 0 Å². The van der Waals surface area contributed by atoms with Gasteiger partial charge in [-0.05, 0) is 82.5 Å². The monoisotopic (exact) mass is 535 g/mol. The number of carbonyl (C=O) groups excluding carboxylic acids is 2. The predicted octanol–water partition coefficient (Wildman–Crippen LogP) is 4.75. The van der Waals surface area contributed by atoms with Gasteiger partial charge < -0.3 is 10.2 Å². The molecule has 0 heterocycles. The Morgan fingerprint density at radius 3 is 2.05 bits per heavy atom. The minimum absolute atomic E-state index is 0.0849. The lowest BCUT2D eigenvalue weighted by Gasteiger charge is -2.32. The summed E-state index contributed by atoms with van der Waals surface area (Å²) in [6, 6.07) is 20.1. The maximum absolute atomic E-state index is 13.9. The second-order valence-electron chi connectivity index (χ2n) is 9.94. The van der Waals surface area contributed by atoms with E-state index >= 15 is 0 Å². The Morgan fingerprint density at radius 1 is 0.842 bits per heavy atom. The normalized spacial score (nSPS) is 12.2. The Labute approximate surface area is 226 Å². The van der Waals surface area contributed by atoms with Crippen LogP contribution >= 0.6 is 0 Å². The lowest BCUT2D eigenvalue weighted by atomic mass is 10.1. The van der Waals surface area contributed by atoms with E-state index in [9.17, 15) is 18.0 Å². The van der Waals surface area contributed by atoms with Crippen molar-refractivity contribution in [1.29, 1.82) is 0 Å². The topological polar surface area (TPSA) is 86.8 Å². The Hall–Kier alpha value is -3.65. The van der Waals surface area contributed by atoms with E-state index in [1.54, 1.807) is 37.3 Å². The molecule has 3 aromatic rings. The van der Waals surface area contributed by atoms with Gasteiger partial charge in [-0.1, -0.05) is 54.1 Å². The van der Waals surface area contributed by atoms with E-state index in [4.69, 9.17) is 0 Å². The lowest BCUT2D eigenvalue weighted by Crippen LogP contribution is -2.52. The van der Waals surface area contributed by atoms with Gasteiger partial charge in [-0.2, -0.15) is 0 Å². The fourth-order valence-corrected chi connectivity index (χ4v) is 5.43. The van der Waals surface area contributed by atoms with E-state index in [0.717, 1.165) is 26.6 Å². The molecule has 0 saturated carbocycles. The van der Waals surface area contributed by atoms with Crippen molar-refractivity contribution in [2.24, 2.45) is 0 Å². The number of amides is 2. The molecule has 2 amide bonds. The van der Waals surface area contributed by atoms with Gasteiger partial charge in [-0.3, -0.25) is 13.9 Å². The van der Waals surface area contributed by atoms with Crippen LogP contribution in [-0.2, 0) is 26.2 Å². The molecule has 0 aliphatic rings. The highest BCUT2D eigenvalue weighted by Gasteiger charge is 2.32. The van der Waals surface area contributed by atoms with Crippen LogP contribution in [0, 0.1) is 20.8 Å². The van der Waals surface area contributed by atoms with E-state index in [1.165, 1.54) is 17.0 Å². The largest absolute Gasteiger partial charge is 0.352 e. The molecule has 0 bridgehead atoms. The third kappa shape index (κ3) is 7.01. The van der Waals surface area contributed by atoms with Crippen molar-refractivity contribution in [3.05, 3.63) is 95.1 Å². The maximum atomic E-state index is 13.9. The van der Waals surface area contributed by atoms with Gasteiger partial charge in [0.25, 0.3) is 10.0 Å². The molecule has 0 unspecified atom stereocenters. The molecule has 0 aliphatic carbocycles. The Kier molecular flexibility index (Phi) is 9.33. The molecule has 0 radical (unpaired) electrons. The Morgan fingerprint density at radius 2 is 1.47 bits per heavy atom. The van der Waals surface area contributed by atoms with Crippen molar-refractivity contribution < 1.29 is 18.0 Å². The van der Waals surface area contributed by atoms with Crippen molar-refractivity contribution in [2.75, 3.05) is 10.8 Å². The first-order valence-corrected chi connectivity index (χ1v) is 14.1. The summed E-state index contributed by atoms with van der Waals surface area (Å²) < 4.78 is 28.7. The molecule has 1 atom stereocenters. The molecule has 3 aromatic carbocycles. The van der Waals surface area contributed by atoms with Crippen LogP contribution in [-0.4, -0.2) is 43.8 Å². The SMILES string of the molecule is Cc1ccc(CN(C(=O)CN(c2ccc(C)c(C)c2)S(=O)(=O)c2ccccc2)[C@H](C)C(=O)NC(C)C)cc1. The number of nitrogens with one attached hydrogen (secondary N) is 1. The van der Waals surface area contributed by atoms with E-state index < -0.39 is 28.5 Å². The van der Waals surface area contributed by atoms with Crippen LogP contribution in [0.4, 0.5) is 5.69 Å². The first-order valence-electron chi connectivity index (χ1n) is 12.7. The van der Waals surface area contributed by atoms with E-state index in [1.807, 2.05) is 65.0 Å². The van der Waals surface area contributed by atoms with Gasteiger partial charge in [-0.25, -0.2) is 8.42 Å². The number of carbonyl (C=O) groups is 2. The number of nitrogens with zero attached hydrogens (tertiary/aromatic N) is 2. The van der Waals surface area contributed by atoms with Gasteiger partial charge in [0.2, 0.25) is 11.8 Å². The predicted molar refractivity (Wildman–Crippen MR) is 151 cm³/mol. The van der Waals surface area contributed by atoms with Crippen LogP contribution in [0.2, 0.25) is 0 Å². The summed E-state index contributed by atoms with van der Waals surface area (Å²) >= 11 is 0. The van der Waals surface area contributed by atoms with Crippen molar-refractivity contribution in [3.8, 4) is 0 Å². The summed E-state index contributed by atoms with van der Waals surface area (Å²) in [5.41, 5.74) is 4.23. The minimum atomic E-state index is -4.07. The minimum Gasteiger partial charge on any atom is -0.352 e. The van der Waals surface area contributed by atoms with E-state index in [0.29, 0.717) is 5.69 Å². The number of sulfonamides is 1. The Balaban J connectivity index is 2.04. The molecule has 0 saturated heterocycles. The van der Waals surface area contributed by atoms with Crippen LogP contribution in [0.5, 0.6) is 0 Å². The average molecular weight is 536 g/mol. The first kappa shape index (κ1) is 28.9. The molecular weight excluding hydrogens is 498 g/mol. The zero-order valence-electron chi connectivity index (χ0n) is 22.9. The van der Waals surface area contributed by atoms with Crippen molar-refractivity contribution in [1.82, 2.24) is 10.2 Å². The fourth-order valence-electron chi connectivity index (χ4n) is 4.01. The summed E-state index contributed by atoms with van der Waals surface area (Å²) in [5.74, 6) is -0.779. The van der Waals surface area contributed by atoms with Crippen LogP contribution < -0.4 is 9.62 Å². The van der Waals surface area contributed by atoms with Gasteiger partial charge in [0, 0.05) is 12.6 Å². The Bertz CT molecular complexity index is 1370. The number of hydrogen-bond donors (Lipinski definition) is 1. The molecule has 0 spiro atoms. The summed E-state index contributed by atoms with van der Waals surface area (Å²) in [6.45, 7) is 10.9. The zero-order chi connectivity index (χ0) is 28.0. The smallest absolute Gasteiger partial charge is 0.264 e. The van der Waals surface area contributed by atoms with Crippen molar-refractivity contribution >= 4 is 27.5 Å². The summed E-state index contributed by atoms with van der Waals surface area (Å²) in [5, 5.41) is 2.86. The maximum Gasteiger partial charge on any atom is 0.264 e. The highest BCUT2D eigenvalue weighted by molar-refractivity contribution is 7.92. The lowest BCUT2D eigenvalue weighted by molar-refractivity contribution is -0.139. The third-order valence-corrected chi connectivity index (χ3v) is 8.25. The molecule has 0 aromatic heterocycles. The standard InChI is InChI=1S/C30H37N3O4S/c1-21(2)31-30(35)25(6)32(19-26-15-12-22(3)13-16-26)29(34)20-33(27-17-14-23(4)24(5)18-27)38(36,37)28-10-8-7-9-11-28/h7-18,21,25H,19-20H2,1-6H3,(H,31,35)/t25-/m1/s1. The van der Waals surface area contributed by atoms with E-state index in [2.05, 4.69) is 5.32 Å². The molecule has 0 fully saturated rings. The number of benzene rings is 3. The van der Waals surface area contributed by atoms with Gasteiger partial charge in [0.05, 0.1) is 10.6 Å². The summed E-state index contributed by atoms with van der Waals surface area (Å²) in [6.07, 6.45) is 0.